The van der Waals surface area contributed by atoms with Gasteiger partial charge in [0.25, 0.3) is 0 Å². The van der Waals surface area contributed by atoms with Crippen LogP contribution in [0.3, 0.4) is 0 Å². The quantitative estimate of drug-likeness (QED) is 0.211. The molecule has 9 aromatic rings. The van der Waals surface area contributed by atoms with Crippen LogP contribution >= 0.6 is 0 Å². The summed E-state index contributed by atoms with van der Waals surface area (Å²) in [7, 11) is 0. The van der Waals surface area contributed by atoms with Crippen LogP contribution in [0, 0.1) is 0 Å². The zero-order valence-electron chi connectivity index (χ0n) is 26.3. The fourth-order valence-electron chi connectivity index (χ4n) is 7.13. The van der Waals surface area contributed by atoms with Gasteiger partial charge in [0.15, 0.2) is 5.84 Å². The fourth-order valence-corrected chi connectivity index (χ4v) is 7.13. The van der Waals surface area contributed by atoms with Crippen molar-refractivity contribution in [3.05, 3.63) is 175 Å². The Labute approximate surface area is 281 Å². The van der Waals surface area contributed by atoms with Gasteiger partial charge in [-0.2, -0.15) is 0 Å². The molecule has 0 saturated heterocycles. The molecule has 0 aliphatic carbocycles. The molecule has 0 amide bonds. The van der Waals surface area contributed by atoms with E-state index in [4.69, 9.17) is 14.4 Å². The van der Waals surface area contributed by atoms with E-state index in [2.05, 4.69) is 144 Å². The number of aromatic nitrogens is 1. The van der Waals surface area contributed by atoms with E-state index in [-0.39, 0.29) is 6.17 Å². The molecule has 5 heteroatoms. The third-order valence-electron chi connectivity index (χ3n) is 9.55. The first kappa shape index (κ1) is 27.5. The molecule has 5 nitrogen and oxygen atoms in total. The topological polar surface area (TPSA) is 62.8 Å². The van der Waals surface area contributed by atoms with Crippen molar-refractivity contribution in [2.75, 3.05) is 0 Å². The highest BCUT2D eigenvalue weighted by Gasteiger charge is 2.22. The molecule has 0 radical (unpaired) electrons. The van der Waals surface area contributed by atoms with Crippen molar-refractivity contribution in [2.45, 2.75) is 6.17 Å². The van der Waals surface area contributed by atoms with E-state index >= 15 is 0 Å². The molecule has 1 N–H and O–H groups in total. The van der Waals surface area contributed by atoms with E-state index in [1.807, 2.05) is 24.4 Å². The number of benzene rings is 7. The smallest absolute Gasteiger partial charge is 0.227 e. The average molecular weight is 629 g/mol. The van der Waals surface area contributed by atoms with Crippen molar-refractivity contribution in [1.29, 1.82) is 0 Å². The minimum Gasteiger partial charge on any atom is -0.438 e. The molecule has 10 rings (SSSR count). The predicted molar refractivity (Wildman–Crippen MR) is 201 cm³/mol. The van der Waals surface area contributed by atoms with Gasteiger partial charge in [-0.3, -0.25) is 0 Å². The van der Waals surface area contributed by atoms with Gasteiger partial charge < -0.3 is 9.73 Å². The Morgan fingerprint density at radius 2 is 1.29 bits per heavy atom. The number of hydrogen-bond acceptors (Lipinski definition) is 5. The molecule has 7 aromatic carbocycles. The summed E-state index contributed by atoms with van der Waals surface area (Å²) >= 11 is 0. The summed E-state index contributed by atoms with van der Waals surface area (Å²) < 4.78 is 6.30. The lowest BCUT2D eigenvalue weighted by molar-refractivity contribution is 0.654. The predicted octanol–water partition coefficient (Wildman–Crippen LogP) is 10.6. The molecule has 3 heterocycles. The third kappa shape index (κ3) is 4.67. The van der Waals surface area contributed by atoms with Crippen molar-refractivity contribution in [3.8, 4) is 11.1 Å². The van der Waals surface area contributed by atoms with Gasteiger partial charge in [-0.15, -0.1) is 0 Å². The van der Waals surface area contributed by atoms with Crippen LogP contribution in [0.2, 0.25) is 0 Å². The Hall–Kier alpha value is -6.59. The van der Waals surface area contributed by atoms with Crippen LogP contribution in [0.5, 0.6) is 0 Å². The van der Waals surface area contributed by atoms with Gasteiger partial charge in [0.2, 0.25) is 5.71 Å². The average Bonchev–Trinajstić information content (AvgIpc) is 3.54. The van der Waals surface area contributed by atoms with Gasteiger partial charge in [0, 0.05) is 22.7 Å². The van der Waals surface area contributed by atoms with Gasteiger partial charge in [0.05, 0.1) is 5.39 Å². The van der Waals surface area contributed by atoms with Crippen LogP contribution < -0.4 is 5.32 Å². The van der Waals surface area contributed by atoms with Gasteiger partial charge in [-0.05, 0) is 79.3 Å². The number of nitrogens with one attached hydrogen (secondary N) is 1. The van der Waals surface area contributed by atoms with Gasteiger partial charge >= 0.3 is 0 Å². The van der Waals surface area contributed by atoms with E-state index in [9.17, 15) is 0 Å². The number of aliphatic imine (C=N–C) groups is 2. The minimum atomic E-state index is -0.287. The summed E-state index contributed by atoms with van der Waals surface area (Å²) in [6.45, 7) is 0. The molecule has 1 atom stereocenters. The first-order chi connectivity index (χ1) is 24.2. The largest absolute Gasteiger partial charge is 0.438 e. The summed E-state index contributed by atoms with van der Waals surface area (Å²) in [4.78, 5) is 14.8. The SMILES string of the molecule is c1ccc(C2=NC(c3ccc4ccccc4c3)NC(c3ccc4c(-c5ccnc6oc7cc8ccccc8cc7c56)cccc4c3)=N2)cc1. The summed E-state index contributed by atoms with van der Waals surface area (Å²) in [5.41, 5.74) is 6.78. The number of rotatable bonds is 4. The lowest BCUT2D eigenvalue weighted by Gasteiger charge is -2.24. The van der Waals surface area contributed by atoms with E-state index in [0.29, 0.717) is 11.5 Å². The lowest BCUT2D eigenvalue weighted by Crippen LogP contribution is -2.33. The maximum Gasteiger partial charge on any atom is 0.227 e. The Kier molecular flexibility index (Phi) is 6.18. The number of furan rings is 1. The second-order valence-corrected chi connectivity index (χ2v) is 12.5. The highest BCUT2D eigenvalue weighted by molar-refractivity contribution is 6.18. The number of hydrogen-bond donors (Lipinski definition) is 1. The number of amidine groups is 2. The summed E-state index contributed by atoms with van der Waals surface area (Å²) in [5.74, 6) is 1.50. The monoisotopic (exact) mass is 628 g/mol. The molecule has 1 unspecified atom stereocenters. The summed E-state index contributed by atoms with van der Waals surface area (Å²) in [6, 6.07) is 53.0. The molecule has 0 fully saturated rings. The number of nitrogens with zero attached hydrogens (tertiary/aromatic N) is 3. The van der Waals surface area contributed by atoms with Crippen LogP contribution in [0.4, 0.5) is 0 Å². The molecule has 1 aliphatic rings. The third-order valence-corrected chi connectivity index (χ3v) is 9.55. The zero-order chi connectivity index (χ0) is 32.3. The highest BCUT2D eigenvalue weighted by Crippen LogP contribution is 2.40. The number of pyridine rings is 1. The van der Waals surface area contributed by atoms with E-state index in [0.717, 1.165) is 66.2 Å². The molecule has 230 valence electrons. The Balaban J connectivity index is 1.09. The standard InChI is InChI=1S/C44H28N4O/c1-2-10-28(11-3-1)41-46-42(33-18-17-27-9-4-5-12-29(27)23-33)48-43(47-41)34-19-20-35-32(24-34)15-8-16-36(35)37-21-22-45-44-40(37)38-25-30-13-6-7-14-31(30)26-39(38)49-44/h1-26,42H,(H,46,47,48). The van der Waals surface area contributed by atoms with Crippen molar-refractivity contribution in [1.82, 2.24) is 10.3 Å². The molecular formula is C44H28N4O. The normalized spacial score (nSPS) is 14.7. The van der Waals surface area contributed by atoms with Crippen LogP contribution in [0.1, 0.15) is 22.9 Å². The Bertz CT molecular complexity index is 2810. The van der Waals surface area contributed by atoms with Crippen molar-refractivity contribution in [2.24, 2.45) is 9.98 Å². The summed E-state index contributed by atoms with van der Waals surface area (Å²) in [5, 5.41) is 12.7. The fraction of sp³-hybridized carbons (Fsp3) is 0.0227. The minimum absolute atomic E-state index is 0.287. The summed E-state index contributed by atoms with van der Waals surface area (Å²) in [6.07, 6.45) is 1.55. The van der Waals surface area contributed by atoms with Crippen molar-refractivity contribution in [3.63, 3.8) is 0 Å². The van der Waals surface area contributed by atoms with Crippen LogP contribution in [-0.4, -0.2) is 16.7 Å². The lowest BCUT2D eigenvalue weighted by atomic mass is 9.94. The molecule has 0 bridgehead atoms. The zero-order valence-corrected chi connectivity index (χ0v) is 26.3. The Morgan fingerprint density at radius 1 is 0.531 bits per heavy atom. The van der Waals surface area contributed by atoms with Crippen LogP contribution in [0.15, 0.2) is 172 Å². The van der Waals surface area contributed by atoms with E-state index < -0.39 is 0 Å². The van der Waals surface area contributed by atoms with Gasteiger partial charge in [0.1, 0.15) is 17.6 Å². The molecule has 2 aromatic heterocycles. The second-order valence-electron chi connectivity index (χ2n) is 12.5. The van der Waals surface area contributed by atoms with Crippen molar-refractivity contribution < 1.29 is 4.42 Å². The van der Waals surface area contributed by atoms with Crippen molar-refractivity contribution >= 4 is 66.1 Å². The van der Waals surface area contributed by atoms with Crippen LogP contribution in [0.25, 0.3) is 65.5 Å². The molecule has 0 spiro atoms. The number of fused-ring (bicyclic) bond motifs is 6. The molecule has 0 saturated carbocycles. The maximum absolute atomic E-state index is 6.30. The second kappa shape index (κ2) is 11.0. The Morgan fingerprint density at radius 3 is 2.14 bits per heavy atom. The van der Waals surface area contributed by atoms with Crippen LogP contribution in [-0.2, 0) is 0 Å². The highest BCUT2D eigenvalue weighted by atomic mass is 16.3. The van der Waals surface area contributed by atoms with Gasteiger partial charge in [-0.25, -0.2) is 15.0 Å². The maximum atomic E-state index is 6.30. The molecule has 1 aliphatic heterocycles. The molecule has 49 heavy (non-hydrogen) atoms. The van der Waals surface area contributed by atoms with Gasteiger partial charge in [-0.1, -0.05) is 121 Å². The first-order valence-electron chi connectivity index (χ1n) is 16.5. The first-order valence-corrected chi connectivity index (χ1v) is 16.5. The van der Waals surface area contributed by atoms with E-state index in [1.54, 1.807) is 0 Å². The van der Waals surface area contributed by atoms with E-state index in [1.165, 1.54) is 16.2 Å². The molecular weight excluding hydrogens is 601 g/mol.